The molecule has 1 aliphatic heterocycles. The summed E-state index contributed by atoms with van der Waals surface area (Å²) >= 11 is 0. The van der Waals surface area contributed by atoms with Gasteiger partial charge < -0.3 is 10.4 Å². The maximum atomic E-state index is 12.4. The minimum atomic E-state index is -3.44. The van der Waals surface area contributed by atoms with Gasteiger partial charge >= 0.3 is 5.97 Å². The molecule has 1 heterocycles. The summed E-state index contributed by atoms with van der Waals surface area (Å²) < 4.78 is 25.7. The minimum absolute atomic E-state index is 0.0191. The lowest BCUT2D eigenvalue weighted by Gasteiger charge is -2.23. The van der Waals surface area contributed by atoms with Crippen LogP contribution in [0.25, 0.3) is 0 Å². The normalized spacial score (nSPS) is 18.7. The van der Waals surface area contributed by atoms with E-state index in [9.17, 15) is 18.0 Å². The number of carboxylic acid groups (broad SMARTS) is 1. The van der Waals surface area contributed by atoms with Crippen LogP contribution in [0.4, 0.5) is 5.69 Å². The second-order valence-corrected chi connectivity index (χ2v) is 7.50. The van der Waals surface area contributed by atoms with Crippen molar-refractivity contribution in [1.29, 1.82) is 0 Å². The summed E-state index contributed by atoms with van der Waals surface area (Å²) in [6.45, 7) is 2.12. The molecule has 1 unspecified atom stereocenters. The number of benzene rings is 1. The smallest absolute Gasteiger partial charge is 0.335 e. The van der Waals surface area contributed by atoms with Crippen LogP contribution in [0.1, 0.15) is 36.5 Å². The van der Waals surface area contributed by atoms with Gasteiger partial charge in [-0.05, 0) is 37.5 Å². The van der Waals surface area contributed by atoms with E-state index >= 15 is 0 Å². The third-order valence-corrected chi connectivity index (χ3v) is 5.78. The van der Waals surface area contributed by atoms with Crippen molar-refractivity contribution in [3.8, 4) is 0 Å². The third-order valence-electron chi connectivity index (χ3n) is 3.70. The number of rotatable bonds is 6. The van der Waals surface area contributed by atoms with Crippen molar-refractivity contribution in [2.75, 3.05) is 17.6 Å². The highest BCUT2D eigenvalue weighted by Gasteiger charge is 2.38. The zero-order valence-electron chi connectivity index (χ0n) is 12.9. The Morgan fingerprint density at radius 1 is 1.39 bits per heavy atom. The highest BCUT2D eigenvalue weighted by atomic mass is 32.2. The first kappa shape index (κ1) is 17.4. The first-order chi connectivity index (χ1) is 10.8. The number of hydrogen-bond acceptors (Lipinski definition) is 4. The number of anilines is 1. The van der Waals surface area contributed by atoms with Gasteiger partial charge in [0.2, 0.25) is 15.9 Å². The number of aromatic carboxylic acids is 1. The second kappa shape index (κ2) is 7.10. The number of carboxylic acids is 1. The third kappa shape index (κ3) is 4.08. The average molecular weight is 340 g/mol. The molecule has 2 N–H and O–H groups in total. The fraction of sp³-hybridized carbons (Fsp3) is 0.467. The molecular weight excluding hydrogens is 320 g/mol. The summed E-state index contributed by atoms with van der Waals surface area (Å²) in [6.07, 6.45) is 1.59. The number of nitrogens with one attached hydrogen (secondary N) is 1. The lowest BCUT2D eigenvalue weighted by molar-refractivity contribution is -0.119. The monoisotopic (exact) mass is 340 g/mol. The predicted octanol–water partition coefficient (Wildman–Crippen LogP) is 1.53. The Labute approximate surface area is 135 Å². The van der Waals surface area contributed by atoms with Crippen LogP contribution >= 0.6 is 0 Å². The van der Waals surface area contributed by atoms with E-state index in [4.69, 9.17) is 5.11 Å². The Kier molecular flexibility index (Phi) is 5.38. The lowest BCUT2D eigenvalue weighted by Crippen LogP contribution is -2.44. The molecule has 1 aliphatic rings. The van der Waals surface area contributed by atoms with Gasteiger partial charge in [0.1, 0.15) is 6.04 Å². The summed E-state index contributed by atoms with van der Waals surface area (Å²) in [5, 5.41) is 11.6. The lowest BCUT2D eigenvalue weighted by atomic mass is 10.2. The van der Waals surface area contributed by atoms with Gasteiger partial charge in [-0.15, -0.1) is 0 Å². The summed E-state index contributed by atoms with van der Waals surface area (Å²) in [4.78, 5) is 23.3. The largest absolute Gasteiger partial charge is 0.478 e. The molecule has 0 aromatic heterocycles. The first-order valence-electron chi connectivity index (χ1n) is 7.49. The zero-order chi connectivity index (χ0) is 17.0. The Hall–Kier alpha value is -1.93. The van der Waals surface area contributed by atoms with E-state index in [-0.39, 0.29) is 11.3 Å². The van der Waals surface area contributed by atoms with E-state index < -0.39 is 27.9 Å². The molecule has 1 fully saturated rings. The molecular formula is C15H20N2O5S. The minimum Gasteiger partial charge on any atom is -0.478 e. The van der Waals surface area contributed by atoms with E-state index in [0.717, 1.165) is 0 Å². The predicted molar refractivity (Wildman–Crippen MR) is 85.8 cm³/mol. The molecule has 1 amide bonds. The molecule has 23 heavy (non-hydrogen) atoms. The number of carbonyl (C=O) groups excluding carboxylic acids is 1. The van der Waals surface area contributed by atoms with Gasteiger partial charge in [-0.25, -0.2) is 13.2 Å². The topological polar surface area (TPSA) is 104 Å². The van der Waals surface area contributed by atoms with Crippen LogP contribution in [0, 0.1) is 0 Å². The fourth-order valence-corrected chi connectivity index (χ4v) is 4.41. The van der Waals surface area contributed by atoms with Crippen molar-refractivity contribution >= 4 is 27.6 Å². The molecule has 1 aromatic carbocycles. The maximum absolute atomic E-state index is 12.4. The molecule has 0 spiro atoms. The highest BCUT2D eigenvalue weighted by molar-refractivity contribution is 7.89. The highest BCUT2D eigenvalue weighted by Crippen LogP contribution is 2.23. The molecule has 0 saturated carbocycles. The van der Waals surface area contributed by atoms with Crippen molar-refractivity contribution < 1.29 is 23.1 Å². The fourth-order valence-electron chi connectivity index (χ4n) is 2.67. The average Bonchev–Trinajstić information content (AvgIpc) is 2.98. The standard InChI is InChI=1S/C15H20N2O5S/c1-2-9-23(21,22)17-8-4-7-13(17)14(18)16-12-6-3-5-11(10-12)15(19)20/h3,5-6,10,13H,2,4,7-9H2,1H3,(H,16,18)(H,19,20). The van der Waals surface area contributed by atoms with Crippen molar-refractivity contribution in [1.82, 2.24) is 4.31 Å². The quantitative estimate of drug-likeness (QED) is 0.817. The van der Waals surface area contributed by atoms with Crippen LogP contribution in [-0.4, -0.2) is 48.0 Å². The van der Waals surface area contributed by atoms with E-state index in [1.165, 1.54) is 22.5 Å². The Morgan fingerprint density at radius 2 is 2.13 bits per heavy atom. The van der Waals surface area contributed by atoms with Crippen LogP contribution < -0.4 is 5.32 Å². The summed E-state index contributed by atoms with van der Waals surface area (Å²) in [6, 6.07) is 5.13. The van der Waals surface area contributed by atoms with E-state index in [1.54, 1.807) is 13.0 Å². The van der Waals surface area contributed by atoms with Crippen LogP contribution in [0.5, 0.6) is 0 Å². The van der Waals surface area contributed by atoms with E-state index in [2.05, 4.69) is 5.32 Å². The number of hydrogen-bond donors (Lipinski definition) is 2. The maximum Gasteiger partial charge on any atom is 0.335 e. The van der Waals surface area contributed by atoms with Crippen molar-refractivity contribution in [3.63, 3.8) is 0 Å². The van der Waals surface area contributed by atoms with E-state index in [0.29, 0.717) is 31.5 Å². The number of amides is 1. The van der Waals surface area contributed by atoms with Crippen molar-refractivity contribution in [3.05, 3.63) is 29.8 Å². The molecule has 126 valence electrons. The number of carbonyl (C=O) groups is 2. The van der Waals surface area contributed by atoms with Crippen molar-refractivity contribution in [2.45, 2.75) is 32.2 Å². The molecule has 0 bridgehead atoms. The van der Waals surface area contributed by atoms with Crippen molar-refractivity contribution in [2.24, 2.45) is 0 Å². The van der Waals surface area contributed by atoms with Gasteiger partial charge in [0.05, 0.1) is 11.3 Å². The van der Waals surface area contributed by atoms with Crippen LogP contribution in [0.2, 0.25) is 0 Å². The first-order valence-corrected chi connectivity index (χ1v) is 9.10. The van der Waals surface area contributed by atoms with Gasteiger partial charge in [-0.1, -0.05) is 13.0 Å². The van der Waals surface area contributed by atoms with Crippen LogP contribution in [0.15, 0.2) is 24.3 Å². The van der Waals surface area contributed by atoms with Gasteiger partial charge in [0.15, 0.2) is 0 Å². The van der Waals surface area contributed by atoms with Gasteiger partial charge in [0.25, 0.3) is 0 Å². The summed E-state index contributed by atoms with van der Waals surface area (Å²) in [7, 11) is -3.44. The molecule has 8 heteroatoms. The molecule has 1 aromatic rings. The molecule has 2 rings (SSSR count). The molecule has 1 atom stereocenters. The molecule has 0 aliphatic carbocycles. The Balaban J connectivity index is 2.14. The van der Waals surface area contributed by atoms with Gasteiger partial charge in [-0.3, -0.25) is 4.79 Å². The zero-order valence-corrected chi connectivity index (χ0v) is 13.7. The Morgan fingerprint density at radius 3 is 2.78 bits per heavy atom. The molecule has 1 saturated heterocycles. The Bertz CT molecular complexity index is 702. The summed E-state index contributed by atoms with van der Waals surface area (Å²) in [5.74, 6) is -1.50. The number of nitrogens with zero attached hydrogens (tertiary/aromatic N) is 1. The molecule has 0 radical (unpaired) electrons. The van der Waals surface area contributed by atoms with Gasteiger partial charge in [0, 0.05) is 12.2 Å². The van der Waals surface area contributed by atoms with Crippen LogP contribution in [-0.2, 0) is 14.8 Å². The second-order valence-electron chi connectivity index (χ2n) is 5.46. The summed E-state index contributed by atoms with van der Waals surface area (Å²) in [5.41, 5.74) is 0.402. The van der Waals surface area contributed by atoms with Gasteiger partial charge in [-0.2, -0.15) is 4.31 Å². The van der Waals surface area contributed by atoms with E-state index in [1.807, 2.05) is 0 Å². The SMILES string of the molecule is CCCS(=O)(=O)N1CCCC1C(=O)Nc1cccc(C(=O)O)c1. The number of sulfonamides is 1. The van der Waals surface area contributed by atoms with Crippen LogP contribution in [0.3, 0.4) is 0 Å². The molecule has 7 nitrogen and oxygen atoms in total.